The van der Waals surface area contributed by atoms with Crippen LogP contribution < -0.4 is 29.6 Å². The molecule has 196 valence electrons. The van der Waals surface area contributed by atoms with Crippen LogP contribution in [0, 0.1) is 5.92 Å². The van der Waals surface area contributed by atoms with Crippen LogP contribution in [0.3, 0.4) is 0 Å². The van der Waals surface area contributed by atoms with E-state index in [1.165, 1.54) is 14.2 Å². The van der Waals surface area contributed by atoms with E-state index >= 15 is 0 Å². The Kier molecular flexibility index (Phi) is 9.81. The summed E-state index contributed by atoms with van der Waals surface area (Å²) in [7, 11) is 6.22. The average Bonchev–Trinajstić information content (AvgIpc) is 2.89. The first-order valence-electron chi connectivity index (χ1n) is 12.2. The summed E-state index contributed by atoms with van der Waals surface area (Å²) in [6.45, 7) is 2.35. The smallest absolute Gasteiger partial charge is 0.238 e. The number of anilines is 2. The lowest BCUT2D eigenvalue weighted by atomic mass is 9.85. The van der Waals surface area contributed by atoms with Gasteiger partial charge in [0.2, 0.25) is 11.8 Å². The van der Waals surface area contributed by atoms with Gasteiger partial charge in [0.05, 0.1) is 52.9 Å². The Morgan fingerprint density at radius 3 is 1.67 bits per heavy atom. The molecule has 0 aromatic heterocycles. The van der Waals surface area contributed by atoms with Gasteiger partial charge in [-0.2, -0.15) is 0 Å². The molecule has 2 atom stereocenters. The number of ether oxygens (including phenoxy) is 4. The second-order valence-electron chi connectivity index (χ2n) is 8.96. The number of nitrogens with zero attached hydrogens (tertiary/aromatic N) is 1. The first-order chi connectivity index (χ1) is 17.4. The van der Waals surface area contributed by atoms with E-state index < -0.39 is 0 Å². The van der Waals surface area contributed by atoms with Crippen molar-refractivity contribution >= 4 is 23.2 Å². The highest BCUT2D eigenvalue weighted by Gasteiger charge is 2.30. The lowest BCUT2D eigenvalue weighted by Gasteiger charge is -2.38. The van der Waals surface area contributed by atoms with E-state index in [9.17, 15) is 9.59 Å². The molecule has 3 rings (SSSR count). The van der Waals surface area contributed by atoms with E-state index in [0.717, 1.165) is 25.7 Å². The van der Waals surface area contributed by atoms with Gasteiger partial charge in [-0.05, 0) is 43.0 Å². The van der Waals surface area contributed by atoms with E-state index in [4.69, 9.17) is 18.9 Å². The lowest BCUT2D eigenvalue weighted by Crippen LogP contribution is -2.48. The van der Waals surface area contributed by atoms with Crippen LogP contribution in [-0.2, 0) is 9.59 Å². The van der Waals surface area contributed by atoms with Gasteiger partial charge in [0.15, 0.2) is 0 Å². The summed E-state index contributed by atoms with van der Waals surface area (Å²) >= 11 is 0. The zero-order valence-electron chi connectivity index (χ0n) is 21.8. The van der Waals surface area contributed by atoms with Crippen molar-refractivity contribution in [3.05, 3.63) is 36.4 Å². The average molecular weight is 500 g/mol. The quantitative estimate of drug-likeness (QED) is 0.479. The maximum atomic E-state index is 13.1. The van der Waals surface area contributed by atoms with Crippen LogP contribution in [0.5, 0.6) is 23.0 Å². The molecule has 0 radical (unpaired) electrons. The molecule has 0 aliphatic heterocycles. The summed E-state index contributed by atoms with van der Waals surface area (Å²) in [6, 6.07) is 10.6. The van der Waals surface area contributed by atoms with E-state index in [0.29, 0.717) is 40.3 Å². The Balaban J connectivity index is 1.74. The minimum absolute atomic E-state index is 0.0807. The van der Waals surface area contributed by atoms with Gasteiger partial charge in [-0.15, -0.1) is 0 Å². The minimum Gasteiger partial charge on any atom is -0.497 e. The number of hydrogen-bond donors (Lipinski definition) is 2. The third kappa shape index (κ3) is 7.04. The van der Waals surface area contributed by atoms with E-state index in [1.807, 2.05) is 4.90 Å². The van der Waals surface area contributed by atoms with Gasteiger partial charge in [0, 0.05) is 18.2 Å². The Labute approximate surface area is 213 Å². The molecule has 1 saturated carbocycles. The Morgan fingerprint density at radius 1 is 0.778 bits per heavy atom. The first kappa shape index (κ1) is 27.1. The number of carbonyl (C=O) groups is 2. The molecule has 1 aliphatic carbocycles. The topological polar surface area (TPSA) is 98.4 Å². The Hall–Kier alpha value is -3.46. The van der Waals surface area contributed by atoms with Crippen molar-refractivity contribution in [1.82, 2.24) is 4.90 Å². The third-order valence-corrected chi connectivity index (χ3v) is 6.59. The van der Waals surface area contributed by atoms with Gasteiger partial charge in [0.1, 0.15) is 23.0 Å². The SMILES string of the molecule is COc1ccc(NC(=O)CN(CC(=O)Nc2ccc(OC)cc2OC)[C@@H]2CCCC[C@@H]2C)c(OC)c1. The van der Waals surface area contributed by atoms with Gasteiger partial charge in [0.25, 0.3) is 0 Å². The molecule has 1 fully saturated rings. The maximum absolute atomic E-state index is 13.1. The van der Waals surface area contributed by atoms with Crippen LogP contribution >= 0.6 is 0 Å². The van der Waals surface area contributed by atoms with Gasteiger partial charge < -0.3 is 29.6 Å². The standard InChI is InChI=1S/C27H37N3O6/c1-18-8-6-7-9-23(18)30(16-26(31)28-21-12-10-19(33-2)14-24(21)35-4)17-27(32)29-22-13-11-20(34-3)15-25(22)36-5/h10-15,18,23H,6-9,16-17H2,1-5H3,(H,28,31)(H,29,32)/t18-,23+/m0/s1. The molecule has 2 aromatic rings. The summed E-state index contributed by atoms with van der Waals surface area (Å²) in [6.07, 6.45) is 4.26. The van der Waals surface area contributed by atoms with Crippen LogP contribution in [0.1, 0.15) is 32.6 Å². The van der Waals surface area contributed by atoms with Crippen molar-refractivity contribution in [2.24, 2.45) is 5.92 Å². The predicted molar refractivity (Wildman–Crippen MR) is 139 cm³/mol. The van der Waals surface area contributed by atoms with E-state index in [1.54, 1.807) is 50.6 Å². The van der Waals surface area contributed by atoms with Gasteiger partial charge in [-0.1, -0.05) is 19.8 Å². The number of methoxy groups -OCH3 is 4. The molecule has 2 amide bonds. The van der Waals surface area contributed by atoms with Crippen molar-refractivity contribution in [2.45, 2.75) is 38.6 Å². The zero-order valence-corrected chi connectivity index (χ0v) is 21.8. The second-order valence-corrected chi connectivity index (χ2v) is 8.96. The molecule has 9 nitrogen and oxygen atoms in total. The molecule has 0 unspecified atom stereocenters. The molecule has 9 heteroatoms. The van der Waals surface area contributed by atoms with Gasteiger partial charge >= 0.3 is 0 Å². The molecule has 0 heterocycles. The van der Waals surface area contributed by atoms with E-state index in [-0.39, 0.29) is 30.9 Å². The molecule has 0 spiro atoms. The number of carbonyl (C=O) groups excluding carboxylic acids is 2. The van der Waals surface area contributed by atoms with Crippen LogP contribution in [0.2, 0.25) is 0 Å². The zero-order chi connectivity index (χ0) is 26.1. The number of amides is 2. The van der Waals surface area contributed by atoms with Gasteiger partial charge in [-0.3, -0.25) is 14.5 Å². The fourth-order valence-corrected chi connectivity index (χ4v) is 4.68. The first-order valence-corrected chi connectivity index (χ1v) is 12.2. The predicted octanol–water partition coefficient (Wildman–Crippen LogP) is 4.18. The molecule has 2 N–H and O–H groups in total. The fourth-order valence-electron chi connectivity index (χ4n) is 4.68. The van der Waals surface area contributed by atoms with Crippen molar-refractivity contribution in [3.8, 4) is 23.0 Å². The molecular weight excluding hydrogens is 462 g/mol. The normalized spacial score (nSPS) is 17.3. The molecule has 0 saturated heterocycles. The van der Waals surface area contributed by atoms with Crippen molar-refractivity contribution in [3.63, 3.8) is 0 Å². The van der Waals surface area contributed by atoms with Crippen molar-refractivity contribution in [1.29, 1.82) is 0 Å². The second kappa shape index (κ2) is 13.0. The third-order valence-electron chi connectivity index (χ3n) is 6.59. The van der Waals surface area contributed by atoms with Gasteiger partial charge in [-0.25, -0.2) is 0 Å². The summed E-state index contributed by atoms with van der Waals surface area (Å²) < 4.78 is 21.3. The molecule has 2 aromatic carbocycles. The van der Waals surface area contributed by atoms with Crippen LogP contribution in [-0.4, -0.2) is 64.3 Å². The number of hydrogen-bond acceptors (Lipinski definition) is 7. The summed E-state index contributed by atoms with van der Waals surface area (Å²) in [5.74, 6) is 2.22. The highest BCUT2D eigenvalue weighted by Crippen LogP contribution is 2.31. The number of benzene rings is 2. The largest absolute Gasteiger partial charge is 0.497 e. The molecular formula is C27H37N3O6. The van der Waals surface area contributed by atoms with E-state index in [2.05, 4.69) is 17.6 Å². The monoisotopic (exact) mass is 499 g/mol. The molecule has 0 bridgehead atoms. The number of rotatable bonds is 11. The molecule has 36 heavy (non-hydrogen) atoms. The Morgan fingerprint density at radius 2 is 1.25 bits per heavy atom. The fraction of sp³-hybridized carbons (Fsp3) is 0.481. The summed E-state index contributed by atoms with van der Waals surface area (Å²) in [4.78, 5) is 28.2. The minimum atomic E-state index is -0.217. The Bertz CT molecular complexity index is 973. The summed E-state index contributed by atoms with van der Waals surface area (Å²) in [5.41, 5.74) is 1.10. The van der Waals surface area contributed by atoms with Crippen LogP contribution in [0.15, 0.2) is 36.4 Å². The van der Waals surface area contributed by atoms with Crippen LogP contribution in [0.4, 0.5) is 11.4 Å². The highest BCUT2D eigenvalue weighted by molar-refractivity contribution is 5.96. The number of nitrogens with one attached hydrogen (secondary N) is 2. The highest BCUT2D eigenvalue weighted by atomic mass is 16.5. The maximum Gasteiger partial charge on any atom is 0.238 e. The van der Waals surface area contributed by atoms with Crippen molar-refractivity contribution < 1.29 is 28.5 Å². The molecule has 1 aliphatic rings. The van der Waals surface area contributed by atoms with Crippen LogP contribution in [0.25, 0.3) is 0 Å². The van der Waals surface area contributed by atoms with Crippen molar-refractivity contribution in [2.75, 3.05) is 52.2 Å². The summed E-state index contributed by atoms with van der Waals surface area (Å²) in [5, 5.41) is 5.85. The lowest BCUT2D eigenvalue weighted by molar-refractivity contribution is -0.121.